The molecule has 1 amide bonds. The van der Waals surface area contributed by atoms with Gasteiger partial charge in [0.15, 0.2) is 0 Å². The standard InChI is InChI=1S/C22H23N3O2S/c1-16-21(17(2)25(23-16)18-9-5-3-6-10-18)22-24(20(26)15-28-22)13-14-27-19-11-7-4-8-12-19/h3-12,22H,13-15H2,1-2H3. The third kappa shape index (κ3) is 3.64. The second-order valence-electron chi connectivity index (χ2n) is 6.74. The van der Waals surface area contributed by atoms with Crippen LogP contribution in [0.3, 0.4) is 0 Å². The van der Waals surface area contributed by atoms with Gasteiger partial charge in [0.25, 0.3) is 0 Å². The molecule has 144 valence electrons. The first-order valence-electron chi connectivity index (χ1n) is 9.35. The summed E-state index contributed by atoms with van der Waals surface area (Å²) < 4.78 is 7.78. The number of rotatable bonds is 6. The van der Waals surface area contributed by atoms with Gasteiger partial charge in [-0.3, -0.25) is 4.79 Å². The van der Waals surface area contributed by atoms with Crippen molar-refractivity contribution in [1.29, 1.82) is 0 Å². The molecule has 1 aromatic heterocycles. The SMILES string of the molecule is Cc1nn(-c2ccccc2)c(C)c1C1SCC(=O)N1CCOc1ccccc1. The average molecular weight is 394 g/mol. The van der Waals surface area contributed by atoms with Gasteiger partial charge in [0, 0.05) is 11.3 Å². The molecule has 2 heterocycles. The lowest BCUT2D eigenvalue weighted by Crippen LogP contribution is -2.32. The molecule has 0 spiro atoms. The van der Waals surface area contributed by atoms with Gasteiger partial charge in [-0.05, 0) is 38.1 Å². The predicted molar refractivity (Wildman–Crippen MR) is 112 cm³/mol. The van der Waals surface area contributed by atoms with Crippen molar-refractivity contribution in [1.82, 2.24) is 14.7 Å². The Balaban J connectivity index is 1.54. The number of ether oxygens (including phenoxy) is 1. The van der Waals surface area contributed by atoms with E-state index >= 15 is 0 Å². The number of amides is 1. The molecule has 1 atom stereocenters. The fraction of sp³-hybridized carbons (Fsp3) is 0.273. The third-order valence-electron chi connectivity index (χ3n) is 4.91. The molecular formula is C22H23N3O2S. The maximum absolute atomic E-state index is 12.5. The Morgan fingerprint density at radius 2 is 1.75 bits per heavy atom. The Morgan fingerprint density at radius 1 is 1.07 bits per heavy atom. The first kappa shape index (κ1) is 18.6. The normalized spacial score (nSPS) is 16.6. The molecule has 1 fully saturated rings. The summed E-state index contributed by atoms with van der Waals surface area (Å²) in [6.07, 6.45) is 0. The van der Waals surface area contributed by atoms with E-state index < -0.39 is 0 Å². The molecule has 0 bridgehead atoms. The minimum Gasteiger partial charge on any atom is -0.492 e. The number of nitrogens with zero attached hydrogens (tertiary/aromatic N) is 3. The van der Waals surface area contributed by atoms with Gasteiger partial charge >= 0.3 is 0 Å². The molecule has 28 heavy (non-hydrogen) atoms. The molecule has 0 N–H and O–H groups in total. The van der Waals surface area contributed by atoms with E-state index in [1.165, 1.54) is 0 Å². The van der Waals surface area contributed by atoms with E-state index in [-0.39, 0.29) is 11.3 Å². The molecule has 3 aromatic rings. The van der Waals surface area contributed by atoms with Crippen molar-refractivity contribution in [3.05, 3.63) is 77.6 Å². The first-order valence-corrected chi connectivity index (χ1v) is 10.4. The lowest BCUT2D eigenvalue weighted by molar-refractivity contribution is -0.128. The van der Waals surface area contributed by atoms with Crippen LogP contribution in [0.4, 0.5) is 0 Å². The molecule has 1 unspecified atom stereocenters. The van der Waals surface area contributed by atoms with E-state index in [1.54, 1.807) is 11.8 Å². The molecular weight excluding hydrogens is 370 g/mol. The Kier molecular flexibility index (Phi) is 5.39. The van der Waals surface area contributed by atoms with Gasteiger partial charge in [-0.2, -0.15) is 5.10 Å². The van der Waals surface area contributed by atoms with Crippen LogP contribution in [0.1, 0.15) is 22.3 Å². The van der Waals surface area contributed by atoms with E-state index in [9.17, 15) is 4.79 Å². The number of carbonyl (C=O) groups is 1. The summed E-state index contributed by atoms with van der Waals surface area (Å²) in [5, 5.41) is 4.72. The van der Waals surface area contributed by atoms with Gasteiger partial charge in [-0.15, -0.1) is 11.8 Å². The molecule has 0 radical (unpaired) electrons. The van der Waals surface area contributed by atoms with Crippen LogP contribution in [0.15, 0.2) is 60.7 Å². The van der Waals surface area contributed by atoms with Crippen molar-refractivity contribution in [3.63, 3.8) is 0 Å². The zero-order chi connectivity index (χ0) is 19.5. The topological polar surface area (TPSA) is 47.4 Å². The lowest BCUT2D eigenvalue weighted by atomic mass is 10.1. The summed E-state index contributed by atoms with van der Waals surface area (Å²) in [4.78, 5) is 14.4. The number of carbonyl (C=O) groups excluding carboxylic acids is 1. The Morgan fingerprint density at radius 3 is 2.46 bits per heavy atom. The number of hydrogen-bond donors (Lipinski definition) is 0. The van der Waals surface area contributed by atoms with Crippen LogP contribution in [0, 0.1) is 13.8 Å². The number of hydrogen-bond acceptors (Lipinski definition) is 4. The van der Waals surface area contributed by atoms with E-state index in [4.69, 9.17) is 9.84 Å². The van der Waals surface area contributed by atoms with Crippen molar-refractivity contribution in [2.75, 3.05) is 18.9 Å². The number of para-hydroxylation sites is 2. The van der Waals surface area contributed by atoms with E-state index in [2.05, 4.69) is 6.92 Å². The maximum atomic E-state index is 12.5. The van der Waals surface area contributed by atoms with Crippen molar-refractivity contribution in [2.24, 2.45) is 0 Å². The molecule has 0 aliphatic carbocycles. The van der Waals surface area contributed by atoms with Crippen molar-refractivity contribution in [2.45, 2.75) is 19.2 Å². The molecule has 1 aliphatic heterocycles. The predicted octanol–water partition coefficient (Wildman–Crippen LogP) is 4.14. The molecule has 0 saturated carbocycles. The number of aryl methyl sites for hydroxylation is 1. The summed E-state index contributed by atoms with van der Waals surface area (Å²) >= 11 is 1.66. The minimum atomic E-state index is -0.0238. The number of aromatic nitrogens is 2. The highest BCUT2D eigenvalue weighted by molar-refractivity contribution is 8.00. The Labute approximate surface area is 169 Å². The van der Waals surface area contributed by atoms with Crippen LogP contribution in [-0.2, 0) is 4.79 Å². The zero-order valence-electron chi connectivity index (χ0n) is 16.0. The van der Waals surface area contributed by atoms with E-state index in [0.717, 1.165) is 28.4 Å². The zero-order valence-corrected chi connectivity index (χ0v) is 16.9. The van der Waals surface area contributed by atoms with Crippen LogP contribution < -0.4 is 4.74 Å². The van der Waals surface area contributed by atoms with Crippen LogP contribution in [0.25, 0.3) is 5.69 Å². The molecule has 2 aromatic carbocycles. The molecule has 5 nitrogen and oxygen atoms in total. The van der Waals surface area contributed by atoms with E-state index in [0.29, 0.717) is 18.9 Å². The van der Waals surface area contributed by atoms with E-state index in [1.807, 2.05) is 77.2 Å². The van der Waals surface area contributed by atoms with Crippen molar-refractivity contribution in [3.8, 4) is 11.4 Å². The highest BCUT2D eigenvalue weighted by Crippen LogP contribution is 2.41. The van der Waals surface area contributed by atoms with Gasteiger partial charge in [-0.25, -0.2) is 4.68 Å². The average Bonchev–Trinajstić information content (AvgIpc) is 3.22. The fourth-order valence-corrected chi connectivity index (χ4v) is 4.92. The first-order chi connectivity index (χ1) is 13.6. The second-order valence-corrected chi connectivity index (χ2v) is 7.81. The molecule has 1 aliphatic rings. The minimum absolute atomic E-state index is 0.0238. The van der Waals surface area contributed by atoms with Crippen LogP contribution >= 0.6 is 11.8 Å². The maximum Gasteiger partial charge on any atom is 0.233 e. The molecule has 4 rings (SSSR count). The molecule has 6 heteroatoms. The summed E-state index contributed by atoms with van der Waals surface area (Å²) in [7, 11) is 0. The molecule has 1 saturated heterocycles. The lowest BCUT2D eigenvalue weighted by Gasteiger charge is -2.24. The smallest absolute Gasteiger partial charge is 0.233 e. The van der Waals surface area contributed by atoms with Gasteiger partial charge < -0.3 is 9.64 Å². The number of benzene rings is 2. The monoisotopic (exact) mass is 393 g/mol. The summed E-state index contributed by atoms with van der Waals surface area (Å²) in [6.45, 7) is 5.12. The number of thioether (sulfide) groups is 1. The summed E-state index contributed by atoms with van der Waals surface area (Å²) in [6, 6.07) is 19.8. The Bertz CT molecular complexity index is 957. The second kappa shape index (κ2) is 8.10. The fourth-order valence-electron chi connectivity index (χ4n) is 3.55. The summed E-state index contributed by atoms with van der Waals surface area (Å²) in [5.74, 6) is 1.46. The van der Waals surface area contributed by atoms with Gasteiger partial charge in [0.2, 0.25) is 5.91 Å². The van der Waals surface area contributed by atoms with Crippen LogP contribution in [-0.4, -0.2) is 39.5 Å². The van der Waals surface area contributed by atoms with Crippen molar-refractivity contribution < 1.29 is 9.53 Å². The van der Waals surface area contributed by atoms with Gasteiger partial charge in [-0.1, -0.05) is 36.4 Å². The third-order valence-corrected chi connectivity index (χ3v) is 6.13. The quantitative estimate of drug-likeness (QED) is 0.631. The van der Waals surface area contributed by atoms with Crippen LogP contribution in [0.2, 0.25) is 0 Å². The highest BCUT2D eigenvalue weighted by Gasteiger charge is 2.36. The summed E-state index contributed by atoms with van der Waals surface area (Å²) in [5.41, 5.74) is 4.19. The van der Waals surface area contributed by atoms with Gasteiger partial charge in [0.1, 0.15) is 17.7 Å². The van der Waals surface area contributed by atoms with Gasteiger partial charge in [0.05, 0.1) is 23.7 Å². The van der Waals surface area contributed by atoms with Crippen LogP contribution in [0.5, 0.6) is 5.75 Å². The highest BCUT2D eigenvalue weighted by atomic mass is 32.2. The Hall–Kier alpha value is -2.73. The largest absolute Gasteiger partial charge is 0.492 e. The van der Waals surface area contributed by atoms with Crippen molar-refractivity contribution >= 4 is 17.7 Å².